The molecule has 18 nitrogen and oxygen atoms in total. The van der Waals surface area contributed by atoms with Crippen molar-refractivity contribution in [3.63, 3.8) is 0 Å². The van der Waals surface area contributed by atoms with Crippen LogP contribution in [0.15, 0.2) is 61.2 Å². The van der Waals surface area contributed by atoms with Crippen molar-refractivity contribution in [2.75, 3.05) is 33.5 Å². The van der Waals surface area contributed by atoms with E-state index in [-0.39, 0.29) is 31.2 Å². The zero-order valence-corrected chi connectivity index (χ0v) is 45.8. The van der Waals surface area contributed by atoms with Crippen molar-refractivity contribution >= 4 is 95.3 Å². The molecule has 0 spiro atoms. The summed E-state index contributed by atoms with van der Waals surface area (Å²) in [5.41, 5.74) is 7.09. The zero-order valence-electron chi connectivity index (χ0n) is 42.3. The van der Waals surface area contributed by atoms with Crippen LogP contribution in [0, 0.1) is 0 Å². The summed E-state index contributed by atoms with van der Waals surface area (Å²) in [6.07, 6.45) is 6.81. The van der Waals surface area contributed by atoms with E-state index in [4.69, 9.17) is 47.4 Å². The third kappa shape index (κ3) is 12.9. The fraction of sp³-hybridized carbons (Fsp3) is 0.429. The Kier molecular flexibility index (Phi) is 16.8. The maximum Gasteiger partial charge on any atom is 0.255 e. The Hall–Kier alpha value is -5.59. The normalized spacial score (nSPS) is 13.0. The van der Waals surface area contributed by atoms with Gasteiger partial charge in [-0.3, -0.25) is 19.0 Å². The van der Waals surface area contributed by atoms with Gasteiger partial charge >= 0.3 is 0 Å². The molecule has 0 fully saturated rings. The van der Waals surface area contributed by atoms with Crippen molar-refractivity contribution in [2.45, 2.75) is 90.8 Å². The fourth-order valence-electron chi connectivity index (χ4n) is 7.72. The molecular formula is C49H64Cl2N12O6Si2. The molecule has 3 N–H and O–H groups in total. The van der Waals surface area contributed by atoms with Crippen LogP contribution in [0.4, 0.5) is 0 Å². The number of carbonyl (C=O) groups is 2. The van der Waals surface area contributed by atoms with Gasteiger partial charge in [0.2, 0.25) is 0 Å². The van der Waals surface area contributed by atoms with Gasteiger partial charge in [0.1, 0.15) is 47.3 Å². The van der Waals surface area contributed by atoms with Crippen molar-refractivity contribution < 1.29 is 28.9 Å². The first-order valence-corrected chi connectivity index (χ1v) is 31.7. The van der Waals surface area contributed by atoms with Crippen LogP contribution in [0.1, 0.15) is 34.6 Å². The number of aliphatic hydroxyl groups is 1. The van der Waals surface area contributed by atoms with E-state index < -0.39 is 22.2 Å². The highest BCUT2D eigenvalue weighted by atomic mass is 35.5. The van der Waals surface area contributed by atoms with Crippen LogP contribution in [0.2, 0.25) is 61.4 Å². The Labute approximate surface area is 425 Å². The Morgan fingerprint density at radius 2 is 1.11 bits per heavy atom. The van der Waals surface area contributed by atoms with E-state index in [9.17, 15) is 14.7 Å². The molecule has 2 amide bonds. The molecule has 6 heterocycles. The largest absolute Gasteiger partial charge is 0.394 e. The molecule has 0 radical (unpaired) electrons. The lowest BCUT2D eigenvalue weighted by molar-refractivity contribution is 0.0877. The molecule has 378 valence electrons. The third-order valence-electron chi connectivity index (χ3n) is 11.6. The second-order valence-electron chi connectivity index (χ2n) is 20.2. The van der Waals surface area contributed by atoms with Crippen LogP contribution in [0.5, 0.6) is 0 Å². The zero-order chi connectivity index (χ0) is 51.4. The summed E-state index contributed by atoms with van der Waals surface area (Å²) >= 11 is 12.4. The average Bonchev–Trinajstić information content (AvgIpc) is 4.06. The van der Waals surface area contributed by atoms with Crippen molar-refractivity contribution in [1.82, 2.24) is 59.3 Å². The molecule has 71 heavy (non-hydrogen) atoms. The van der Waals surface area contributed by atoms with Crippen molar-refractivity contribution in [1.29, 1.82) is 0 Å². The molecule has 0 aliphatic rings. The summed E-state index contributed by atoms with van der Waals surface area (Å²) in [6, 6.07) is 12.7. The highest BCUT2D eigenvalue weighted by Gasteiger charge is 2.24. The van der Waals surface area contributed by atoms with Crippen LogP contribution < -0.4 is 10.6 Å². The number of hydrogen-bond donors (Lipinski definition) is 3. The van der Waals surface area contributed by atoms with Crippen LogP contribution in [-0.2, 0) is 41.8 Å². The summed E-state index contributed by atoms with van der Waals surface area (Å²) in [7, 11) is 2.88. The van der Waals surface area contributed by atoms with Gasteiger partial charge in [0.05, 0.1) is 47.8 Å². The van der Waals surface area contributed by atoms with E-state index in [2.05, 4.69) is 70.1 Å². The average molecular weight is 1040 g/mol. The van der Waals surface area contributed by atoms with Crippen LogP contribution in [0.25, 0.3) is 66.9 Å². The second kappa shape index (κ2) is 22.5. The number of rotatable bonds is 19. The third-order valence-corrected chi connectivity index (χ3v) is 15.5. The van der Waals surface area contributed by atoms with Crippen LogP contribution >= 0.6 is 23.2 Å². The number of nitrogens with zero attached hydrogens (tertiary/aromatic N) is 10. The molecule has 8 rings (SSSR count). The summed E-state index contributed by atoms with van der Waals surface area (Å²) in [6.45, 7) is 19.6. The molecule has 2 atom stereocenters. The van der Waals surface area contributed by atoms with Gasteiger partial charge in [0.15, 0.2) is 11.3 Å². The molecule has 0 aliphatic heterocycles. The topological polar surface area (TPSA) is 203 Å². The summed E-state index contributed by atoms with van der Waals surface area (Å²) < 4.78 is 24.2. The minimum absolute atomic E-state index is 0.158. The quantitative estimate of drug-likeness (QED) is 0.0514. The minimum atomic E-state index is -1.22. The van der Waals surface area contributed by atoms with E-state index in [1.54, 1.807) is 52.8 Å². The number of nitrogens with one attached hydrogen (secondary N) is 2. The predicted molar refractivity (Wildman–Crippen MR) is 286 cm³/mol. The van der Waals surface area contributed by atoms with Crippen LogP contribution in [-0.4, -0.2) is 127 Å². The van der Waals surface area contributed by atoms with Gasteiger partial charge in [-0.15, -0.1) is 0 Å². The molecule has 6 aromatic heterocycles. The summed E-state index contributed by atoms with van der Waals surface area (Å²) in [4.78, 5) is 45.2. The molecule has 0 bridgehead atoms. The van der Waals surface area contributed by atoms with E-state index in [1.807, 2.05) is 62.0 Å². The number of methoxy groups -OCH3 is 1. The van der Waals surface area contributed by atoms with E-state index in [0.717, 1.165) is 33.9 Å². The number of benzene rings is 2. The molecule has 22 heteroatoms. The van der Waals surface area contributed by atoms with Gasteiger partial charge in [-0.1, -0.05) is 62.5 Å². The van der Waals surface area contributed by atoms with Crippen molar-refractivity contribution in [2.24, 2.45) is 14.1 Å². The second-order valence-corrected chi connectivity index (χ2v) is 32.3. The summed E-state index contributed by atoms with van der Waals surface area (Å²) in [5, 5.41) is 27.5. The van der Waals surface area contributed by atoms with E-state index in [1.165, 1.54) is 0 Å². The highest BCUT2D eigenvalue weighted by molar-refractivity contribution is 6.76. The van der Waals surface area contributed by atoms with Gasteiger partial charge in [0.25, 0.3) is 11.8 Å². The smallest absolute Gasteiger partial charge is 0.255 e. The Bertz CT molecular complexity index is 3190. The number of hydrogen-bond acceptors (Lipinski definition) is 12. The Morgan fingerprint density at radius 3 is 1.51 bits per heavy atom. The van der Waals surface area contributed by atoms with Gasteiger partial charge in [-0.2, -0.15) is 10.2 Å². The summed E-state index contributed by atoms with van der Waals surface area (Å²) in [5.74, 6) is -0.573. The monoisotopic (exact) mass is 1040 g/mol. The number of carbonyl (C=O) groups excluding carboxylic acids is 2. The first kappa shape index (κ1) is 53.2. The Balaban J connectivity index is 0.000000209. The molecule has 2 aromatic carbocycles. The molecule has 0 unspecified atom stereocenters. The van der Waals surface area contributed by atoms with E-state index in [0.29, 0.717) is 92.8 Å². The fourth-order valence-corrected chi connectivity index (χ4v) is 9.57. The molecule has 0 saturated carbocycles. The Morgan fingerprint density at radius 1 is 0.690 bits per heavy atom. The number of halogens is 2. The standard InChI is InChI=1S/C25H33ClN6O3Si.C24H31ClN6O3Si/c1-16(14-34-3)28-25(33)19-13-32(15-35-9-10-36(4,5)6)24-23(19)29-20(12-27-24)22-18-8-7-17(26)11-21(18)31(2)30-22;1-15(13-32)27-24(33)18-12-31(14-34-8-9-35(3,4)5)23-22(18)28-19(11-26-23)21-17-7-6-16(25)10-20(17)30(2)29-21/h7-8,11-13,16H,9-10,14-15H2,1-6H3,(H,28,33);6-7,10-12,15,32H,8-9,13-14H2,1-5H3,(H,27,33)/t16-;15-/m00/s1. The lowest BCUT2D eigenvalue weighted by Gasteiger charge is -2.15. The van der Waals surface area contributed by atoms with Gasteiger partial charge in [0, 0.05) is 95.9 Å². The number of aromatic nitrogens is 10. The SMILES string of the molecule is COC[C@H](C)NC(=O)c1cn(COCC[Si](C)(C)C)c2ncc(-c3nn(C)c4cc(Cl)ccc34)nc12.C[C@@H](CO)NC(=O)c1cn(COCC[Si](C)(C)C)c2ncc(-c3nn(C)c4cc(Cl)ccc34)nc12. The first-order valence-electron chi connectivity index (χ1n) is 23.5. The molecular weight excluding hydrogens is 980 g/mol. The molecule has 8 aromatic rings. The predicted octanol–water partition coefficient (Wildman–Crippen LogP) is 8.78. The van der Waals surface area contributed by atoms with Gasteiger partial charge in [-0.05, 0) is 62.3 Å². The number of ether oxygens (including phenoxy) is 3. The molecule has 0 saturated heterocycles. The first-order chi connectivity index (χ1) is 33.6. The number of aliphatic hydroxyl groups excluding tert-OH is 1. The van der Waals surface area contributed by atoms with Crippen molar-refractivity contribution in [3.8, 4) is 22.8 Å². The van der Waals surface area contributed by atoms with Gasteiger partial charge in [-0.25, -0.2) is 19.9 Å². The maximum absolute atomic E-state index is 13.2. The number of amides is 2. The number of fused-ring (bicyclic) bond motifs is 4. The minimum Gasteiger partial charge on any atom is -0.394 e. The lowest BCUT2D eigenvalue weighted by Crippen LogP contribution is -2.35. The van der Waals surface area contributed by atoms with Crippen molar-refractivity contribution in [3.05, 3.63) is 82.4 Å². The lowest BCUT2D eigenvalue weighted by atomic mass is 10.1. The maximum atomic E-state index is 13.2. The highest BCUT2D eigenvalue weighted by Crippen LogP contribution is 2.32. The van der Waals surface area contributed by atoms with Crippen LogP contribution in [0.3, 0.4) is 0 Å². The van der Waals surface area contributed by atoms with E-state index >= 15 is 0 Å². The van der Waals surface area contributed by atoms with Gasteiger partial charge < -0.3 is 39.1 Å². The number of aryl methyl sites for hydroxylation is 2. The molecule has 0 aliphatic carbocycles.